The first-order valence-electron chi connectivity index (χ1n) is 12.8. The van der Waals surface area contributed by atoms with Crippen molar-refractivity contribution in [3.63, 3.8) is 0 Å². The van der Waals surface area contributed by atoms with Gasteiger partial charge < -0.3 is 19.6 Å². The predicted octanol–water partition coefficient (Wildman–Crippen LogP) is 5.08. The van der Waals surface area contributed by atoms with Gasteiger partial charge in [0.05, 0.1) is 11.6 Å². The molecule has 2 aromatic carbocycles. The van der Waals surface area contributed by atoms with Gasteiger partial charge in [0.15, 0.2) is 5.76 Å². The number of fused-ring (bicyclic) bond motifs is 2. The normalized spacial score (nSPS) is 14.7. The van der Waals surface area contributed by atoms with E-state index in [0.717, 1.165) is 68.6 Å². The standard InChI is InChI=1S/C29H33N5O2/c1-20(2)34-19-22(25-15-21(18-30)6-8-26(25)34)5-3-4-10-32-11-13-33(14-12-32)24-7-9-27-23(16-24)17-28(36-27)29(31)35/h6-9,15-17,19-20H,3-5,10-14H2,1-2H3,(H2,31,35). The lowest BCUT2D eigenvalue weighted by Crippen LogP contribution is -2.46. The molecule has 1 aliphatic heterocycles. The lowest BCUT2D eigenvalue weighted by atomic mass is 10.0. The van der Waals surface area contributed by atoms with Crippen LogP contribution in [0, 0.1) is 11.3 Å². The number of carbonyl (C=O) groups is 1. The van der Waals surface area contributed by atoms with Crippen molar-refractivity contribution in [2.75, 3.05) is 37.6 Å². The molecule has 7 heteroatoms. The minimum Gasteiger partial charge on any atom is -0.451 e. The summed E-state index contributed by atoms with van der Waals surface area (Å²) in [7, 11) is 0. The number of nitriles is 1. The van der Waals surface area contributed by atoms with Gasteiger partial charge in [0, 0.05) is 60.4 Å². The van der Waals surface area contributed by atoms with Crippen LogP contribution in [-0.4, -0.2) is 48.1 Å². The third-order valence-electron chi connectivity index (χ3n) is 7.25. The molecular weight excluding hydrogens is 450 g/mol. The smallest absolute Gasteiger partial charge is 0.284 e. The summed E-state index contributed by atoms with van der Waals surface area (Å²) in [6.07, 6.45) is 5.60. The maximum Gasteiger partial charge on any atom is 0.284 e. The lowest BCUT2D eigenvalue weighted by molar-refractivity contribution is 0.0976. The van der Waals surface area contributed by atoms with Crippen LogP contribution in [-0.2, 0) is 6.42 Å². The molecule has 1 amide bonds. The predicted molar refractivity (Wildman–Crippen MR) is 143 cm³/mol. The fourth-order valence-corrected chi connectivity index (χ4v) is 5.25. The van der Waals surface area contributed by atoms with E-state index in [9.17, 15) is 10.1 Å². The number of amides is 1. The van der Waals surface area contributed by atoms with E-state index in [0.29, 0.717) is 11.6 Å². The summed E-state index contributed by atoms with van der Waals surface area (Å²) in [6, 6.07) is 16.5. The molecule has 4 aromatic rings. The number of aromatic nitrogens is 1. The molecule has 36 heavy (non-hydrogen) atoms. The topological polar surface area (TPSA) is 91.4 Å². The van der Waals surface area contributed by atoms with Gasteiger partial charge in [-0.05, 0) is 87.7 Å². The van der Waals surface area contributed by atoms with Gasteiger partial charge in [0.25, 0.3) is 5.91 Å². The highest BCUT2D eigenvalue weighted by Crippen LogP contribution is 2.28. The highest BCUT2D eigenvalue weighted by molar-refractivity contribution is 5.95. The molecule has 0 aliphatic carbocycles. The zero-order valence-electron chi connectivity index (χ0n) is 21.0. The van der Waals surface area contributed by atoms with Crippen molar-refractivity contribution < 1.29 is 9.21 Å². The second-order valence-electron chi connectivity index (χ2n) is 9.98. The van der Waals surface area contributed by atoms with E-state index < -0.39 is 5.91 Å². The molecule has 0 saturated carbocycles. The van der Waals surface area contributed by atoms with Gasteiger partial charge in [-0.1, -0.05) is 0 Å². The Balaban J connectivity index is 1.14. The number of nitrogens with two attached hydrogens (primary N) is 1. The Morgan fingerprint density at radius 2 is 1.89 bits per heavy atom. The van der Waals surface area contributed by atoms with Crippen molar-refractivity contribution in [3.8, 4) is 6.07 Å². The van der Waals surface area contributed by atoms with Crippen LogP contribution >= 0.6 is 0 Å². The number of unbranched alkanes of at least 4 members (excludes halogenated alkanes) is 1. The molecule has 1 aliphatic rings. The fraction of sp³-hybridized carbons (Fsp3) is 0.379. The first kappa shape index (κ1) is 24.0. The Morgan fingerprint density at radius 1 is 1.08 bits per heavy atom. The first-order valence-corrected chi connectivity index (χ1v) is 12.8. The molecule has 7 nitrogen and oxygen atoms in total. The molecule has 2 aromatic heterocycles. The van der Waals surface area contributed by atoms with Crippen LogP contribution in [0.2, 0.25) is 0 Å². The van der Waals surface area contributed by atoms with Crippen LogP contribution < -0.4 is 10.6 Å². The van der Waals surface area contributed by atoms with E-state index in [1.165, 1.54) is 16.5 Å². The Kier molecular flexibility index (Phi) is 6.71. The minimum atomic E-state index is -0.543. The third-order valence-corrected chi connectivity index (χ3v) is 7.25. The monoisotopic (exact) mass is 483 g/mol. The van der Waals surface area contributed by atoms with E-state index in [4.69, 9.17) is 10.2 Å². The van der Waals surface area contributed by atoms with E-state index in [2.05, 4.69) is 58.7 Å². The molecule has 1 saturated heterocycles. The van der Waals surface area contributed by atoms with Gasteiger partial charge >= 0.3 is 0 Å². The summed E-state index contributed by atoms with van der Waals surface area (Å²) >= 11 is 0. The number of benzene rings is 2. The molecule has 1 fully saturated rings. The Hall–Kier alpha value is -3.76. The summed E-state index contributed by atoms with van der Waals surface area (Å²) in [5.41, 5.74) is 10.5. The molecule has 2 N–H and O–H groups in total. The van der Waals surface area contributed by atoms with Crippen LogP contribution in [0.5, 0.6) is 0 Å². The number of aryl methyl sites for hydroxylation is 1. The zero-order chi connectivity index (χ0) is 25.2. The van der Waals surface area contributed by atoms with Crippen molar-refractivity contribution in [1.29, 1.82) is 5.26 Å². The van der Waals surface area contributed by atoms with Crippen molar-refractivity contribution >= 4 is 33.5 Å². The summed E-state index contributed by atoms with van der Waals surface area (Å²) < 4.78 is 7.83. The average Bonchev–Trinajstić information content (AvgIpc) is 3.48. The number of anilines is 1. The van der Waals surface area contributed by atoms with Gasteiger partial charge in [0.2, 0.25) is 0 Å². The number of hydrogen-bond acceptors (Lipinski definition) is 5. The summed E-state index contributed by atoms with van der Waals surface area (Å²) in [5, 5.41) is 11.5. The van der Waals surface area contributed by atoms with Crippen molar-refractivity contribution in [3.05, 3.63) is 65.5 Å². The average molecular weight is 484 g/mol. The molecule has 0 spiro atoms. The van der Waals surface area contributed by atoms with Crippen LogP contribution in [0.4, 0.5) is 5.69 Å². The maximum atomic E-state index is 11.4. The van der Waals surface area contributed by atoms with Crippen LogP contribution in [0.15, 0.2) is 53.1 Å². The molecule has 0 unspecified atom stereocenters. The van der Waals surface area contributed by atoms with Crippen molar-refractivity contribution in [1.82, 2.24) is 9.47 Å². The molecule has 3 heterocycles. The van der Waals surface area contributed by atoms with Crippen LogP contribution in [0.1, 0.15) is 54.4 Å². The number of primary amides is 1. The quantitative estimate of drug-likeness (QED) is 0.353. The van der Waals surface area contributed by atoms with Gasteiger partial charge in [-0.2, -0.15) is 5.26 Å². The van der Waals surface area contributed by atoms with Gasteiger partial charge in [-0.25, -0.2) is 0 Å². The fourth-order valence-electron chi connectivity index (χ4n) is 5.25. The number of carbonyl (C=O) groups excluding carboxylic acids is 1. The van der Waals surface area contributed by atoms with E-state index in [1.54, 1.807) is 6.07 Å². The Bertz CT molecular complexity index is 1430. The summed E-state index contributed by atoms with van der Waals surface area (Å²) in [5.74, 6) is -0.342. The Morgan fingerprint density at radius 3 is 2.61 bits per heavy atom. The molecule has 0 atom stereocenters. The number of rotatable bonds is 8. The van der Waals surface area contributed by atoms with Crippen LogP contribution in [0.3, 0.4) is 0 Å². The van der Waals surface area contributed by atoms with Gasteiger partial charge in [-0.15, -0.1) is 0 Å². The number of hydrogen-bond donors (Lipinski definition) is 1. The molecule has 0 radical (unpaired) electrons. The van der Waals surface area contributed by atoms with E-state index >= 15 is 0 Å². The second kappa shape index (κ2) is 10.1. The third kappa shape index (κ3) is 4.82. The van der Waals surface area contributed by atoms with Crippen molar-refractivity contribution in [2.45, 2.75) is 39.2 Å². The number of nitrogens with zero attached hydrogens (tertiary/aromatic N) is 4. The van der Waals surface area contributed by atoms with E-state index in [-0.39, 0.29) is 5.76 Å². The Labute approximate surface area is 211 Å². The molecule has 0 bridgehead atoms. The number of furan rings is 1. The SMILES string of the molecule is CC(C)n1cc(CCCCN2CCN(c3ccc4oc(C(N)=O)cc4c3)CC2)c2cc(C#N)ccc21. The van der Waals surface area contributed by atoms with Crippen molar-refractivity contribution in [2.24, 2.45) is 5.73 Å². The second-order valence-corrected chi connectivity index (χ2v) is 9.98. The van der Waals surface area contributed by atoms with Crippen LogP contribution in [0.25, 0.3) is 21.9 Å². The highest BCUT2D eigenvalue weighted by Gasteiger charge is 2.18. The zero-order valence-corrected chi connectivity index (χ0v) is 21.0. The van der Waals surface area contributed by atoms with Gasteiger partial charge in [-0.3, -0.25) is 9.69 Å². The number of piperazine rings is 1. The molecule has 186 valence electrons. The van der Waals surface area contributed by atoms with E-state index in [1.807, 2.05) is 18.2 Å². The molecule has 5 rings (SSSR count). The maximum absolute atomic E-state index is 11.4. The minimum absolute atomic E-state index is 0.200. The summed E-state index contributed by atoms with van der Waals surface area (Å²) in [6.45, 7) is 9.53. The first-order chi connectivity index (χ1) is 17.4. The molecular formula is C29H33N5O2. The highest BCUT2D eigenvalue weighted by atomic mass is 16.3. The van der Waals surface area contributed by atoms with Gasteiger partial charge in [0.1, 0.15) is 5.58 Å². The largest absolute Gasteiger partial charge is 0.451 e. The lowest BCUT2D eigenvalue weighted by Gasteiger charge is -2.36. The summed E-state index contributed by atoms with van der Waals surface area (Å²) in [4.78, 5) is 16.3.